The highest BCUT2D eigenvalue weighted by Crippen LogP contribution is 2.61. The van der Waals surface area contributed by atoms with Crippen LogP contribution in [0.25, 0.3) is 0 Å². The highest BCUT2D eigenvalue weighted by Gasteiger charge is 2.50. The molecule has 18 heavy (non-hydrogen) atoms. The van der Waals surface area contributed by atoms with Gasteiger partial charge in [0.15, 0.2) is 0 Å². The zero-order chi connectivity index (χ0) is 12.5. The fourth-order valence-electron chi connectivity index (χ4n) is 5.14. The van der Waals surface area contributed by atoms with Crippen LogP contribution in [-0.4, -0.2) is 0 Å². The summed E-state index contributed by atoms with van der Waals surface area (Å²) in [6.07, 6.45) is 21.6. The second kappa shape index (κ2) is 5.17. The summed E-state index contributed by atoms with van der Waals surface area (Å²) in [4.78, 5) is 0. The van der Waals surface area contributed by atoms with E-state index in [-0.39, 0.29) is 0 Å². The summed E-state index contributed by atoms with van der Waals surface area (Å²) in [6.45, 7) is 2.51. The smallest absolute Gasteiger partial charge is 0.0269 e. The topological polar surface area (TPSA) is 0 Å². The molecule has 0 saturated heterocycles. The van der Waals surface area contributed by atoms with Crippen molar-refractivity contribution in [3.63, 3.8) is 0 Å². The molecule has 0 radical (unpaired) electrons. The molecule has 104 valence electrons. The molecule has 0 amide bonds. The molecule has 3 aliphatic rings. The Bertz CT molecular complexity index is 274. The van der Waals surface area contributed by atoms with Crippen molar-refractivity contribution in [3.05, 3.63) is 0 Å². The van der Waals surface area contributed by atoms with E-state index in [4.69, 9.17) is 0 Å². The maximum atomic E-state index is 2.51. The highest BCUT2D eigenvalue weighted by atomic mass is 14.6. The van der Waals surface area contributed by atoms with Gasteiger partial charge in [0, 0.05) is 0 Å². The van der Waals surface area contributed by atoms with E-state index >= 15 is 0 Å². The minimum absolute atomic E-state index is 0.805. The summed E-state index contributed by atoms with van der Waals surface area (Å²) in [7, 11) is 0. The quantitative estimate of drug-likeness (QED) is 0.486. The lowest BCUT2D eigenvalue weighted by Crippen LogP contribution is -2.19. The third-order valence-electron chi connectivity index (χ3n) is 6.80. The van der Waals surface area contributed by atoms with Crippen molar-refractivity contribution < 1.29 is 0 Å². The molecule has 2 unspecified atom stereocenters. The molecule has 0 bridgehead atoms. The van der Waals surface area contributed by atoms with Crippen LogP contribution in [0.3, 0.4) is 0 Å². The van der Waals surface area contributed by atoms with Crippen LogP contribution in [0.4, 0.5) is 0 Å². The van der Waals surface area contributed by atoms with Gasteiger partial charge in [0.25, 0.3) is 0 Å². The Morgan fingerprint density at radius 2 is 1.11 bits per heavy atom. The molecule has 0 aliphatic heterocycles. The molecule has 3 rings (SSSR count). The molecule has 3 saturated carbocycles. The monoisotopic (exact) mass is 248 g/mol. The highest BCUT2D eigenvalue weighted by molar-refractivity contribution is 5.01. The zero-order valence-electron chi connectivity index (χ0n) is 12.5. The fraction of sp³-hybridized carbons (Fsp3) is 1.00. The maximum absolute atomic E-state index is 2.51. The first-order chi connectivity index (χ1) is 8.75. The molecule has 0 heteroatoms. The van der Waals surface area contributed by atoms with E-state index in [1.54, 1.807) is 44.9 Å². The normalized spacial score (nSPS) is 40.8. The van der Waals surface area contributed by atoms with E-state index in [0.717, 1.165) is 16.7 Å². The second-order valence-electron chi connectivity index (χ2n) is 7.94. The Morgan fingerprint density at radius 3 is 1.72 bits per heavy atom. The second-order valence-corrected chi connectivity index (χ2v) is 7.94. The van der Waals surface area contributed by atoms with Gasteiger partial charge >= 0.3 is 0 Å². The van der Waals surface area contributed by atoms with Gasteiger partial charge < -0.3 is 0 Å². The molecule has 0 heterocycles. The van der Waals surface area contributed by atoms with E-state index < -0.39 is 0 Å². The van der Waals surface area contributed by atoms with Gasteiger partial charge in [0.2, 0.25) is 0 Å². The first kappa shape index (κ1) is 13.0. The number of hydrogen-bond acceptors (Lipinski definition) is 0. The van der Waals surface area contributed by atoms with Crippen LogP contribution in [0.5, 0.6) is 0 Å². The van der Waals surface area contributed by atoms with Gasteiger partial charge in [0.05, 0.1) is 0 Å². The van der Waals surface area contributed by atoms with E-state index in [0.29, 0.717) is 0 Å². The molecule has 3 fully saturated rings. The summed E-state index contributed by atoms with van der Waals surface area (Å²) in [6, 6.07) is 0. The molecule has 0 N–H and O–H groups in total. The van der Waals surface area contributed by atoms with Crippen molar-refractivity contribution in [1.29, 1.82) is 0 Å². The lowest BCUT2D eigenvalue weighted by molar-refractivity contribution is 0.205. The van der Waals surface area contributed by atoms with Gasteiger partial charge in [-0.2, -0.15) is 0 Å². The third-order valence-corrected chi connectivity index (χ3v) is 6.80. The molecule has 0 aromatic rings. The largest absolute Gasteiger partial charge is 0.0620 e. The average Bonchev–Trinajstić information content (AvgIpc) is 2.79. The lowest BCUT2D eigenvalue weighted by Gasteiger charge is -2.31. The molecule has 3 aliphatic carbocycles. The molecule has 2 spiro atoms. The molecular formula is C18H32. The van der Waals surface area contributed by atoms with Gasteiger partial charge in [-0.1, -0.05) is 51.9 Å². The van der Waals surface area contributed by atoms with Crippen LogP contribution in [0.2, 0.25) is 0 Å². The number of rotatable bonds is 0. The summed E-state index contributed by atoms with van der Waals surface area (Å²) in [5.41, 5.74) is 1.62. The Hall–Kier alpha value is 0. The fourth-order valence-corrected chi connectivity index (χ4v) is 5.14. The van der Waals surface area contributed by atoms with Crippen LogP contribution in [0.15, 0.2) is 0 Å². The predicted octanol–water partition coefficient (Wildman–Crippen LogP) is 6.10. The zero-order valence-corrected chi connectivity index (χ0v) is 12.5. The Kier molecular flexibility index (Phi) is 3.74. The average molecular weight is 248 g/mol. The summed E-state index contributed by atoms with van der Waals surface area (Å²) >= 11 is 0. The first-order valence-electron chi connectivity index (χ1n) is 8.75. The first-order valence-corrected chi connectivity index (χ1v) is 8.75. The van der Waals surface area contributed by atoms with Gasteiger partial charge in [0.1, 0.15) is 0 Å². The van der Waals surface area contributed by atoms with Crippen LogP contribution in [0, 0.1) is 16.7 Å². The van der Waals surface area contributed by atoms with Crippen molar-refractivity contribution in [2.75, 3.05) is 0 Å². The van der Waals surface area contributed by atoms with Crippen LogP contribution in [0.1, 0.15) is 96.8 Å². The predicted molar refractivity (Wildman–Crippen MR) is 78.7 cm³/mol. The van der Waals surface area contributed by atoms with Gasteiger partial charge in [-0.25, -0.2) is 0 Å². The Labute approximate surface area is 114 Å². The molecule has 0 aromatic carbocycles. The SMILES string of the molecule is CC1CC12CCCCCCCC1(CCCC1)CC2. The molecule has 0 aromatic heterocycles. The van der Waals surface area contributed by atoms with Crippen molar-refractivity contribution >= 4 is 0 Å². The van der Waals surface area contributed by atoms with E-state index in [9.17, 15) is 0 Å². The van der Waals surface area contributed by atoms with E-state index in [2.05, 4.69) is 6.92 Å². The van der Waals surface area contributed by atoms with Gasteiger partial charge in [-0.3, -0.25) is 0 Å². The van der Waals surface area contributed by atoms with Crippen LogP contribution in [-0.2, 0) is 0 Å². The summed E-state index contributed by atoms with van der Waals surface area (Å²) in [5.74, 6) is 1.05. The van der Waals surface area contributed by atoms with Gasteiger partial charge in [-0.05, 0) is 61.7 Å². The minimum atomic E-state index is 0.805. The van der Waals surface area contributed by atoms with Crippen molar-refractivity contribution in [2.24, 2.45) is 16.7 Å². The third kappa shape index (κ3) is 2.63. The van der Waals surface area contributed by atoms with Crippen molar-refractivity contribution in [2.45, 2.75) is 96.8 Å². The summed E-state index contributed by atoms with van der Waals surface area (Å²) < 4.78 is 0. The Balaban J connectivity index is 1.66. The van der Waals surface area contributed by atoms with Crippen LogP contribution >= 0.6 is 0 Å². The Morgan fingerprint density at radius 1 is 0.611 bits per heavy atom. The molecule has 0 nitrogen and oxygen atoms in total. The van der Waals surface area contributed by atoms with Gasteiger partial charge in [-0.15, -0.1) is 0 Å². The standard InChI is InChI=1S/C18H32/c1-16-15-18(16)12-6-4-2-3-5-9-17(13-14-18)10-7-8-11-17/h16H,2-15H2,1H3. The van der Waals surface area contributed by atoms with Crippen LogP contribution < -0.4 is 0 Å². The van der Waals surface area contributed by atoms with E-state index in [1.807, 2.05) is 0 Å². The summed E-state index contributed by atoms with van der Waals surface area (Å²) in [5, 5.41) is 0. The lowest BCUT2D eigenvalue weighted by atomic mass is 9.74. The molecule has 2 atom stereocenters. The van der Waals surface area contributed by atoms with Crippen molar-refractivity contribution in [3.8, 4) is 0 Å². The minimum Gasteiger partial charge on any atom is -0.0620 e. The van der Waals surface area contributed by atoms with E-state index in [1.165, 1.54) is 44.9 Å². The molecular weight excluding hydrogens is 216 g/mol. The van der Waals surface area contributed by atoms with Crippen molar-refractivity contribution in [1.82, 2.24) is 0 Å². The maximum Gasteiger partial charge on any atom is -0.0269 e. The number of hydrogen-bond donors (Lipinski definition) is 0.